The average Bonchev–Trinajstić information content (AvgIpc) is 1.80. The molecule has 0 spiro atoms. The summed E-state index contributed by atoms with van der Waals surface area (Å²) in [6.07, 6.45) is 0. The molecular weight excluding hydrogens is 144 g/mol. The summed E-state index contributed by atoms with van der Waals surface area (Å²) in [6.45, 7) is 9.24. The minimum atomic E-state index is -1.40. The summed E-state index contributed by atoms with van der Waals surface area (Å²) in [5.41, 5.74) is 0. The van der Waals surface area contributed by atoms with E-state index in [0.29, 0.717) is 0 Å². The maximum Gasteiger partial charge on any atom is 0.326 e. The van der Waals surface area contributed by atoms with Gasteiger partial charge < -0.3 is 8.85 Å². The molecule has 10 heavy (non-hydrogen) atoms. The van der Waals surface area contributed by atoms with Gasteiger partial charge in [-0.15, -0.1) is 0 Å². The van der Waals surface area contributed by atoms with Gasteiger partial charge in [0, 0.05) is 18.8 Å². The Hall–Kier alpha value is 0.137. The van der Waals surface area contributed by atoms with Crippen molar-refractivity contribution in [1.82, 2.24) is 0 Å². The van der Waals surface area contributed by atoms with Crippen molar-refractivity contribution < 1.29 is 8.85 Å². The summed E-state index contributed by atoms with van der Waals surface area (Å²) >= 11 is 0. The molecule has 0 fully saturated rings. The minimum Gasteiger partial charge on any atom is -0.400 e. The van der Waals surface area contributed by atoms with E-state index < -0.39 is 9.28 Å². The van der Waals surface area contributed by atoms with Crippen LogP contribution in [-0.4, -0.2) is 23.0 Å². The van der Waals surface area contributed by atoms with Gasteiger partial charge in [-0.25, -0.2) is 0 Å². The molecule has 0 rings (SSSR count). The van der Waals surface area contributed by atoms with E-state index in [2.05, 4.69) is 20.8 Å². The molecule has 0 radical (unpaired) electrons. The van der Waals surface area contributed by atoms with Gasteiger partial charge in [0.1, 0.15) is 0 Å². The highest BCUT2D eigenvalue weighted by Gasteiger charge is 2.27. The molecule has 0 heterocycles. The maximum atomic E-state index is 5.47. The molecule has 2 nitrogen and oxygen atoms in total. The zero-order chi connectivity index (χ0) is 8.20. The molecule has 0 aliphatic carbocycles. The Morgan fingerprint density at radius 2 is 1.80 bits per heavy atom. The lowest BCUT2D eigenvalue weighted by molar-refractivity contribution is 0.219. The van der Waals surface area contributed by atoms with Crippen LogP contribution in [0.3, 0.4) is 0 Å². The van der Waals surface area contributed by atoms with Crippen molar-refractivity contribution in [2.75, 3.05) is 13.7 Å². The van der Waals surface area contributed by atoms with Gasteiger partial charge in [0.15, 0.2) is 0 Å². The first-order chi connectivity index (χ1) is 4.52. The fourth-order valence-electron chi connectivity index (χ4n) is 0.823. The lowest BCUT2D eigenvalue weighted by Gasteiger charge is -2.26. The molecule has 0 saturated carbocycles. The second kappa shape index (κ2) is 4.11. The Balaban J connectivity index is 3.81. The van der Waals surface area contributed by atoms with Crippen molar-refractivity contribution in [3.05, 3.63) is 0 Å². The van der Waals surface area contributed by atoms with Crippen molar-refractivity contribution in [3.63, 3.8) is 0 Å². The summed E-state index contributed by atoms with van der Waals surface area (Å²) in [7, 11) is 0.333. The van der Waals surface area contributed by atoms with E-state index in [0.717, 1.165) is 6.61 Å². The van der Waals surface area contributed by atoms with E-state index in [4.69, 9.17) is 8.85 Å². The van der Waals surface area contributed by atoms with E-state index in [1.165, 1.54) is 0 Å². The second-order valence-electron chi connectivity index (χ2n) is 3.39. The van der Waals surface area contributed by atoms with Crippen LogP contribution in [0.2, 0.25) is 5.04 Å². The zero-order valence-corrected chi connectivity index (χ0v) is 8.76. The molecule has 0 aromatic heterocycles. The molecule has 0 saturated heterocycles. The van der Waals surface area contributed by atoms with E-state index in [1.807, 2.05) is 6.92 Å². The molecule has 1 unspecified atom stereocenters. The molecule has 0 N–H and O–H groups in total. The summed E-state index contributed by atoms with van der Waals surface area (Å²) in [4.78, 5) is 0. The number of hydrogen-bond acceptors (Lipinski definition) is 2. The van der Waals surface area contributed by atoms with Crippen LogP contribution in [-0.2, 0) is 8.85 Å². The fourth-order valence-corrected chi connectivity index (χ4v) is 2.47. The normalized spacial score (nSPS) is 15.3. The lowest BCUT2D eigenvalue weighted by atomic mass is 10.3. The standard InChI is InChI=1S/C7H18O2Si/c1-6-9-10(8-5)7(2,3)4/h10H,6H2,1-5H3. The Kier molecular flexibility index (Phi) is 4.16. The van der Waals surface area contributed by atoms with Crippen molar-refractivity contribution >= 4 is 9.28 Å². The third kappa shape index (κ3) is 3.34. The molecule has 0 amide bonds. The van der Waals surface area contributed by atoms with Crippen LogP contribution in [0.25, 0.3) is 0 Å². The van der Waals surface area contributed by atoms with Crippen LogP contribution in [0.1, 0.15) is 27.7 Å². The molecule has 0 aliphatic heterocycles. The Labute approximate surface area is 65.4 Å². The van der Waals surface area contributed by atoms with Gasteiger partial charge in [-0.3, -0.25) is 0 Å². The monoisotopic (exact) mass is 162 g/mol. The molecule has 0 aromatic carbocycles. The van der Waals surface area contributed by atoms with E-state index in [1.54, 1.807) is 7.11 Å². The van der Waals surface area contributed by atoms with Crippen molar-refractivity contribution in [3.8, 4) is 0 Å². The Bertz CT molecular complexity index is 88.1. The highest BCUT2D eigenvalue weighted by Crippen LogP contribution is 2.27. The lowest BCUT2D eigenvalue weighted by Crippen LogP contribution is -2.31. The van der Waals surface area contributed by atoms with Gasteiger partial charge >= 0.3 is 9.28 Å². The fraction of sp³-hybridized carbons (Fsp3) is 1.00. The van der Waals surface area contributed by atoms with Gasteiger partial charge in [0.2, 0.25) is 0 Å². The van der Waals surface area contributed by atoms with Crippen LogP contribution in [0.15, 0.2) is 0 Å². The summed E-state index contributed by atoms with van der Waals surface area (Å²) in [5.74, 6) is 0. The van der Waals surface area contributed by atoms with Crippen LogP contribution in [0.4, 0.5) is 0 Å². The summed E-state index contributed by atoms with van der Waals surface area (Å²) < 4.78 is 10.7. The Morgan fingerprint density at radius 3 is 1.90 bits per heavy atom. The van der Waals surface area contributed by atoms with Crippen LogP contribution in [0.5, 0.6) is 0 Å². The topological polar surface area (TPSA) is 18.5 Å². The summed E-state index contributed by atoms with van der Waals surface area (Å²) in [5, 5.41) is 0.213. The third-order valence-electron chi connectivity index (χ3n) is 1.24. The van der Waals surface area contributed by atoms with E-state index in [-0.39, 0.29) is 5.04 Å². The molecule has 0 aromatic rings. The first kappa shape index (κ1) is 10.1. The highest BCUT2D eigenvalue weighted by molar-refractivity contribution is 6.48. The van der Waals surface area contributed by atoms with Gasteiger partial charge in [0.25, 0.3) is 0 Å². The van der Waals surface area contributed by atoms with Crippen molar-refractivity contribution in [2.24, 2.45) is 0 Å². The first-order valence-electron chi connectivity index (χ1n) is 3.66. The number of hydrogen-bond donors (Lipinski definition) is 0. The van der Waals surface area contributed by atoms with Gasteiger partial charge in [0.05, 0.1) is 0 Å². The zero-order valence-electron chi connectivity index (χ0n) is 7.60. The largest absolute Gasteiger partial charge is 0.400 e. The Morgan fingerprint density at radius 1 is 1.30 bits per heavy atom. The highest BCUT2D eigenvalue weighted by atomic mass is 28.3. The predicted molar refractivity (Wildman–Crippen MR) is 45.5 cm³/mol. The smallest absolute Gasteiger partial charge is 0.326 e. The molecule has 0 aliphatic rings. The van der Waals surface area contributed by atoms with E-state index >= 15 is 0 Å². The summed E-state index contributed by atoms with van der Waals surface area (Å²) in [6, 6.07) is 0. The van der Waals surface area contributed by atoms with Gasteiger partial charge in [-0.05, 0) is 6.92 Å². The SMILES string of the molecule is CCO[SiH](OC)C(C)(C)C. The molecular formula is C7H18O2Si. The molecule has 3 heteroatoms. The molecule has 1 atom stereocenters. The first-order valence-corrected chi connectivity index (χ1v) is 5.18. The van der Waals surface area contributed by atoms with Crippen molar-refractivity contribution in [1.29, 1.82) is 0 Å². The van der Waals surface area contributed by atoms with Crippen LogP contribution >= 0.6 is 0 Å². The van der Waals surface area contributed by atoms with Gasteiger partial charge in [-0.1, -0.05) is 20.8 Å². The molecule has 0 bridgehead atoms. The van der Waals surface area contributed by atoms with Crippen LogP contribution < -0.4 is 0 Å². The second-order valence-corrected chi connectivity index (χ2v) is 6.59. The third-order valence-corrected chi connectivity index (χ3v) is 3.72. The molecule has 62 valence electrons. The van der Waals surface area contributed by atoms with E-state index in [9.17, 15) is 0 Å². The van der Waals surface area contributed by atoms with Crippen LogP contribution in [0, 0.1) is 0 Å². The quantitative estimate of drug-likeness (QED) is 0.588. The maximum absolute atomic E-state index is 5.47. The minimum absolute atomic E-state index is 0.213. The average molecular weight is 162 g/mol. The number of rotatable bonds is 3. The van der Waals surface area contributed by atoms with Crippen molar-refractivity contribution in [2.45, 2.75) is 32.7 Å². The van der Waals surface area contributed by atoms with Gasteiger partial charge in [-0.2, -0.15) is 0 Å². The predicted octanol–water partition coefficient (Wildman–Crippen LogP) is 1.69.